The van der Waals surface area contributed by atoms with Gasteiger partial charge in [-0.05, 0) is 6.92 Å². The van der Waals surface area contributed by atoms with Crippen molar-refractivity contribution in [3.8, 4) is 0 Å². The van der Waals surface area contributed by atoms with Crippen molar-refractivity contribution in [2.24, 2.45) is 0 Å². The average Bonchev–Trinajstić information content (AvgIpc) is 2.18. The summed E-state index contributed by atoms with van der Waals surface area (Å²) in [5.74, 6) is 0.00601. The van der Waals surface area contributed by atoms with Gasteiger partial charge in [-0.25, -0.2) is 10.4 Å². The van der Waals surface area contributed by atoms with E-state index in [0.717, 1.165) is 26.3 Å². The number of likely N-dealkylation sites (N-methyl/N-ethyl adjacent to an activating group) is 1. The molecule has 1 aliphatic heterocycles. The third-order valence-electron chi connectivity index (χ3n) is 2.03. The van der Waals surface area contributed by atoms with Crippen molar-refractivity contribution >= 4 is 5.91 Å². The van der Waals surface area contributed by atoms with Crippen molar-refractivity contribution in [1.82, 2.24) is 15.8 Å². The van der Waals surface area contributed by atoms with Crippen LogP contribution in [0.2, 0.25) is 0 Å². The molecule has 1 aliphatic rings. The SMILES string of the molecule is CNC(=O)C(C)NN1CCOCC1. The van der Waals surface area contributed by atoms with E-state index in [1.807, 2.05) is 11.9 Å². The van der Waals surface area contributed by atoms with Crippen molar-refractivity contribution < 1.29 is 9.53 Å². The number of hydrogen-bond acceptors (Lipinski definition) is 4. The molecule has 0 bridgehead atoms. The first-order valence-corrected chi connectivity index (χ1v) is 4.54. The molecule has 1 saturated heterocycles. The maximum Gasteiger partial charge on any atom is 0.237 e. The molecule has 2 N–H and O–H groups in total. The van der Waals surface area contributed by atoms with Crippen molar-refractivity contribution in [2.75, 3.05) is 33.4 Å². The summed E-state index contributed by atoms with van der Waals surface area (Å²) in [6, 6.07) is -0.178. The number of nitrogens with one attached hydrogen (secondary N) is 2. The first-order chi connectivity index (χ1) is 6.24. The summed E-state index contributed by atoms with van der Waals surface area (Å²) in [6.07, 6.45) is 0. The predicted octanol–water partition coefficient (Wildman–Crippen LogP) is -1.04. The third-order valence-corrected chi connectivity index (χ3v) is 2.03. The first kappa shape index (κ1) is 10.4. The maximum absolute atomic E-state index is 11.2. The van der Waals surface area contributed by atoms with Gasteiger partial charge in [0.15, 0.2) is 0 Å². The Kier molecular flexibility index (Phi) is 4.14. The van der Waals surface area contributed by atoms with Crippen LogP contribution in [0.5, 0.6) is 0 Å². The quantitative estimate of drug-likeness (QED) is 0.592. The van der Waals surface area contributed by atoms with Crippen LogP contribution in [0.3, 0.4) is 0 Å². The molecule has 13 heavy (non-hydrogen) atoms. The van der Waals surface area contributed by atoms with Gasteiger partial charge in [-0.15, -0.1) is 0 Å². The van der Waals surface area contributed by atoms with Gasteiger partial charge in [-0.3, -0.25) is 4.79 Å². The van der Waals surface area contributed by atoms with E-state index in [4.69, 9.17) is 4.74 Å². The molecule has 0 radical (unpaired) electrons. The number of carbonyl (C=O) groups excluding carboxylic acids is 1. The maximum atomic E-state index is 11.2. The minimum absolute atomic E-state index is 0.00601. The smallest absolute Gasteiger partial charge is 0.237 e. The van der Waals surface area contributed by atoms with Gasteiger partial charge < -0.3 is 10.1 Å². The molecule has 1 amide bonds. The highest BCUT2D eigenvalue weighted by atomic mass is 16.5. The molecule has 0 saturated carbocycles. The van der Waals surface area contributed by atoms with Gasteiger partial charge >= 0.3 is 0 Å². The minimum Gasteiger partial charge on any atom is -0.379 e. The molecule has 1 heterocycles. The van der Waals surface area contributed by atoms with E-state index in [1.54, 1.807) is 7.05 Å². The van der Waals surface area contributed by atoms with Gasteiger partial charge in [0.1, 0.15) is 0 Å². The summed E-state index contributed by atoms with van der Waals surface area (Å²) in [4.78, 5) is 11.2. The topological polar surface area (TPSA) is 53.6 Å². The fourth-order valence-corrected chi connectivity index (χ4v) is 1.24. The van der Waals surface area contributed by atoms with Gasteiger partial charge in [0.25, 0.3) is 0 Å². The van der Waals surface area contributed by atoms with Crippen LogP contribution in [0.25, 0.3) is 0 Å². The summed E-state index contributed by atoms with van der Waals surface area (Å²) < 4.78 is 5.19. The third kappa shape index (κ3) is 3.30. The lowest BCUT2D eigenvalue weighted by Crippen LogP contribution is -2.53. The number of nitrogens with zero attached hydrogens (tertiary/aromatic N) is 1. The minimum atomic E-state index is -0.178. The van der Waals surface area contributed by atoms with Gasteiger partial charge in [0.2, 0.25) is 5.91 Å². The van der Waals surface area contributed by atoms with Crippen molar-refractivity contribution in [3.63, 3.8) is 0 Å². The number of hydrogen-bond donors (Lipinski definition) is 2. The Hall–Kier alpha value is -0.650. The fourth-order valence-electron chi connectivity index (χ4n) is 1.24. The van der Waals surface area contributed by atoms with Crippen LogP contribution in [-0.2, 0) is 9.53 Å². The second-order valence-corrected chi connectivity index (χ2v) is 3.06. The molecule has 76 valence electrons. The second kappa shape index (κ2) is 5.16. The highest BCUT2D eigenvalue weighted by molar-refractivity contribution is 5.80. The molecule has 1 atom stereocenters. The Morgan fingerprint density at radius 2 is 2.08 bits per heavy atom. The van der Waals surface area contributed by atoms with E-state index < -0.39 is 0 Å². The van der Waals surface area contributed by atoms with Crippen LogP contribution < -0.4 is 10.7 Å². The summed E-state index contributed by atoms with van der Waals surface area (Å²) in [7, 11) is 1.64. The van der Waals surface area contributed by atoms with Crippen molar-refractivity contribution in [2.45, 2.75) is 13.0 Å². The lowest BCUT2D eigenvalue weighted by Gasteiger charge is -2.29. The van der Waals surface area contributed by atoms with Crippen molar-refractivity contribution in [3.05, 3.63) is 0 Å². The fraction of sp³-hybridized carbons (Fsp3) is 0.875. The Labute approximate surface area is 78.4 Å². The van der Waals surface area contributed by atoms with Gasteiger partial charge in [-0.1, -0.05) is 0 Å². The van der Waals surface area contributed by atoms with Crippen LogP contribution in [0, 0.1) is 0 Å². The molecule has 0 aromatic carbocycles. The zero-order chi connectivity index (χ0) is 9.68. The Balaban J connectivity index is 2.25. The van der Waals surface area contributed by atoms with Gasteiger partial charge in [0, 0.05) is 20.1 Å². The predicted molar refractivity (Wildman–Crippen MR) is 49.1 cm³/mol. The van der Waals surface area contributed by atoms with E-state index in [2.05, 4.69) is 10.7 Å². The molecule has 1 unspecified atom stereocenters. The molecule has 0 aliphatic carbocycles. The lowest BCUT2D eigenvalue weighted by molar-refractivity contribution is -0.124. The van der Waals surface area contributed by atoms with Crippen LogP contribution in [-0.4, -0.2) is 50.3 Å². The Morgan fingerprint density at radius 3 is 2.62 bits per heavy atom. The van der Waals surface area contributed by atoms with E-state index in [-0.39, 0.29) is 11.9 Å². The Morgan fingerprint density at radius 1 is 1.46 bits per heavy atom. The second-order valence-electron chi connectivity index (χ2n) is 3.06. The summed E-state index contributed by atoms with van der Waals surface area (Å²) in [6.45, 7) is 4.97. The van der Waals surface area contributed by atoms with E-state index in [1.165, 1.54) is 0 Å². The van der Waals surface area contributed by atoms with E-state index in [0.29, 0.717) is 0 Å². The molecular weight excluding hydrogens is 170 g/mol. The van der Waals surface area contributed by atoms with Crippen molar-refractivity contribution in [1.29, 1.82) is 0 Å². The highest BCUT2D eigenvalue weighted by Crippen LogP contribution is 1.94. The molecule has 1 rings (SSSR count). The largest absolute Gasteiger partial charge is 0.379 e. The molecule has 5 heteroatoms. The average molecular weight is 187 g/mol. The monoisotopic (exact) mass is 187 g/mol. The normalized spacial score (nSPS) is 21.1. The number of morpholine rings is 1. The van der Waals surface area contributed by atoms with Gasteiger partial charge in [0.05, 0.1) is 19.3 Å². The molecule has 5 nitrogen and oxygen atoms in total. The van der Waals surface area contributed by atoms with Crippen LogP contribution in [0.1, 0.15) is 6.92 Å². The highest BCUT2D eigenvalue weighted by Gasteiger charge is 2.16. The summed E-state index contributed by atoms with van der Waals surface area (Å²) in [5, 5.41) is 4.61. The zero-order valence-corrected chi connectivity index (χ0v) is 8.17. The molecule has 0 aromatic rings. The molecular formula is C8H17N3O2. The van der Waals surface area contributed by atoms with Crippen LogP contribution >= 0.6 is 0 Å². The molecule has 0 aromatic heterocycles. The summed E-state index contributed by atoms with van der Waals surface area (Å²) >= 11 is 0. The Bertz CT molecular complexity index is 169. The molecule has 0 spiro atoms. The number of hydrazine groups is 1. The summed E-state index contributed by atoms with van der Waals surface area (Å²) in [5.41, 5.74) is 3.11. The number of carbonyl (C=O) groups is 1. The van der Waals surface area contributed by atoms with Crippen LogP contribution in [0.15, 0.2) is 0 Å². The van der Waals surface area contributed by atoms with E-state index >= 15 is 0 Å². The standard InChI is InChI=1S/C8H17N3O2/c1-7(8(12)9-2)10-11-3-5-13-6-4-11/h7,10H,3-6H2,1-2H3,(H,9,12). The van der Waals surface area contributed by atoms with Crippen LogP contribution in [0.4, 0.5) is 0 Å². The van der Waals surface area contributed by atoms with Gasteiger partial charge in [-0.2, -0.15) is 0 Å². The number of amides is 1. The van der Waals surface area contributed by atoms with E-state index in [9.17, 15) is 4.79 Å². The zero-order valence-electron chi connectivity index (χ0n) is 8.17. The molecule has 1 fully saturated rings. The first-order valence-electron chi connectivity index (χ1n) is 4.54. The number of ether oxygens (including phenoxy) is 1. The number of rotatable bonds is 3. The lowest BCUT2D eigenvalue weighted by atomic mass is 10.3.